The number of hydrogen-bond donors (Lipinski definition) is 1. The number of nitrogens with zero attached hydrogens (tertiary/aromatic N) is 2. The molecular weight excluding hydrogens is 274 g/mol. The molecule has 1 saturated heterocycles. The molecule has 0 aromatic carbocycles. The van der Waals surface area contributed by atoms with Crippen LogP contribution >= 0.6 is 22.9 Å². The molecule has 2 rings (SSSR count). The Morgan fingerprint density at radius 1 is 1.72 bits per heavy atom. The summed E-state index contributed by atoms with van der Waals surface area (Å²) in [6.07, 6.45) is 6.70. The Balaban J connectivity index is 1.95. The second-order valence-corrected chi connectivity index (χ2v) is 5.95. The van der Waals surface area contributed by atoms with E-state index in [2.05, 4.69) is 10.3 Å². The van der Waals surface area contributed by atoms with Gasteiger partial charge in [0.05, 0.1) is 10.6 Å². The van der Waals surface area contributed by atoms with Crippen LogP contribution < -0.4 is 5.32 Å². The number of aromatic nitrogens is 1. The van der Waals surface area contributed by atoms with Crippen LogP contribution in [0.2, 0.25) is 4.47 Å². The van der Waals surface area contributed by atoms with Crippen molar-refractivity contribution in [2.24, 2.45) is 5.92 Å². The first kappa shape index (κ1) is 13.3. The molecule has 7 heteroatoms. The van der Waals surface area contributed by atoms with E-state index < -0.39 is 0 Å². The highest BCUT2D eigenvalue weighted by molar-refractivity contribution is 7.15. The van der Waals surface area contributed by atoms with Gasteiger partial charge in [-0.05, 0) is 25.7 Å². The highest BCUT2D eigenvalue weighted by atomic mass is 35.5. The van der Waals surface area contributed by atoms with Gasteiger partial charge < -0.3 is 5.32 Å². The van der Waals surface area contributed by atoms with Gasteiger partial charge in [-0.25, -0.2) is 4.98 Å². The molecule has 1 atom stereocenters. The number of rotatable bonds is 4. The van der Waals surface area contributed by atoms with Gasteiger partial charge >= 0.3 is 0 Å². The van der Waals surface area contributed by atoms with Gasteiger partial charge in [0, 0.05) is 23.5 Å². The van der Waals surface area contributed by atoms with Crippen molar-refractivity contribution in [3.63, 3.8) is 0 Å². The van der Waals surface area contributed by atoms with Crippen LogP contribution in [-0.2, 0) is 6.42 Å². The molecule has 0 saturated carbocycles. The normalized spacial score (nSPS) is 21.8. The SMILES string of the molecule is O=[N+]([O-])C=C1NCCCC1CCc1cnc(Cl)s1. The average Bonchev–Trinajstić information content (AvgIpc) is 2.73. The number of halogens is 1. The Hall–Kier alpha value is -1.14. The second-order valence-electron chi connectivity index (χ2n) is 4.25. The van der Waals surface area contributed by atoms with Crippen LogP contribution in [0.5, 0.6) is 0 Å². The molecule has 2 heterocycles. The molecule has 0 spiro atoms. The van der Waals surface area contributed by atoms with Crippen molar-refractivity contribution in [2.45, 2.75) is 25.7 Å². The van der Waals surface area contributed by atoms with Crippen LogP contribution in [0.15, 0.2) is 18.1 Å². The zero-order valence-corrected chi connectivity index (χ0v) is 11.3. The van der Waals surface area contributed by atoms with Crippen LogP contribution in [-0.4, -0.2) is 16.5 Å². The quantitative estimate of drug-likeness (QED) is 0.683. The van der Waals surface area contributed by atoms with Gasteiger partial charge in [-0.1, -0.05) is 11.6 Å². The number of thiazole rings is 1. The van der Waals surface area contributed by atoms with Gasteiger partial charge in [-0.3, -0.25) is 10.1 Å². The molecule has 0 bridgehead atoms. The predicted molar refractivity (Wildman–Crippen MR) is 71.2 cm³/mol. The van der Waals surface area contributed by atoms with E-state index in [1.807, 2.05) is 0 Å². The Bertz CT molecular complexity index is 461. The number of allylic oxidation sites excluding steroid dienone is 1. The number of nitrogens with one attached hydrogen (secondary N) is 1. The van der Waals surface area contributed by atoms with Crippen molar-refractivity contribution in [1.82, 2.24) is 10.3 Å². The van der Waals surface area contributed by atoms with E-state index in [0.717, 1.165) is 49.0 Å². The minimum absolute atomic E-state index is 0.241. The Morgan fingerprint density at radius 2 is 2.56 bits per heavy atom. The highest BCUT2D eigenvalue weighted by Crippen LogP contribution is 2.27. The molecule has 0 radical (unpaired) electrons. The summed E-state index contributed by atoms with van der Waals surface area (Å²) >= 11 is 7.25. The summed E-state index contributed by atoms with van der Waals surface area (Å²) in [5.74, 6) is 0.241. The molecule has 1 unspecified atom stereocenters. The van der Waals surface area contributed by atoms with Crippen LogP contribution in [0.3, 0.4) is 0 Å². The maximum absolute atomic E-state index is 10.6. The largest absolute Gasteiger partial charge is 0.383 e. The molecule has 98 valence electrons. The van der Waals surface area contributed by atoms with Gasteiger partial charge in [0.2, 0.25) is 0 Å². The third-order valence-corrected chi connectivity index (χ3v) is 4.18. The predicted octanol–water partition coefficient (Wildman–Crippen LogP) is 2.85. The molecule has 1 fully saturated rings. The minimum atomic E-state index is -0.385. The summed E-state index contributed by atoms with van der Waals surface area (Å²) in [6.45, 7) is 0.822. The summed E-state index contributed by atoms with van der Waals surface area (Å²) in [5, 5.41) is 13.7. The lowest BCUT2D eigenvalue weighted by Crippen LogP contribution is -2.28. The smallest absolute Gasteiger partial charge is 0.253 e. The molecule has 1 aliphatic rings. The first-order chi connectivity index (χ1) is 8.65. The van der Waals surface area contributed by atoms with Crippen LogP contribution in [0.1, 0.15) is 24.1 Å². The highest BCUT2D eigenvalue weighted by Gasteiger charge is 2.21. The lowest BCUT2D eigenvalue weighted by molar-refractivity contribution is -0.404. The van der Waals surface area contributed by atoms with Crippen molar-refractivity contribution in [2.75, 3.05) is 6.54 Å². The van der Waals surface area contributed by atoms with E-state index in [1.165, 1.54) is 11.3 Å². The van der Waals surface area contributed by atoms with E-state index in [-0.39, 0.29) is 10.8 Å². The van der Waals surface area contributed by atoms with Gasteiger partial charge in [0.1, 0.15) is 0 Å². The average molecular weight is 288 g/mol. The fourth-order valence-electron chi connectivity index (χ4n) is 2.16. The Labute approximate surface area is 114 Å². The maximum Gasteiger partial charge on any atom is 0.253 e. The molecule has 0 amide bonds. The third kappa shape index (κ3) is 3.68. The molecule has 1 aromatic rings. The van der Waals surface area contributed by atoms with Gasteiger partial charge in [-0.2, -0.15) is 0 Å². The fraction of sp³-hybridized carbons (Fsp3) is 0.545. The summed E-state index contributed by atoms with van der Waals surface area (Å²) in [4.78, 5) is 15.3. The monoisotopic (exact) mass is 287 g/mol. The minimum Gasteiger partial charge on any atom is -0.383 e. The third-order valence-electron chi connectivity index (χ3n) is 3.01. The van der Waals surface area contributed by atoms with Gasteiger partial charge in [-0.15, -0.1) is 11.3 Å². The van der Waals surface area contributed by atoms with Gasteiger partial charge in [0.15, 0.2) is 4.47 Å². The molecule has 1 aromatic heterocycles. The van der Waals surface area contributed by atoms with Crippen molar-refractivity contribution < 1.29 is 4.92 Å². The number of nitro groups is 1. The Morgan fingerprint density at radius 3 is 3.22 bits per heavy atom. The number of hydrogen-bond acceptors (Lipinski definition) is 5. The molecular formula is C11H14ClN3O2S. The molecule has 5 nitrogen and oxygen atoms in total. The first-order valence-electron chi connectivity index (χ1n) is 5.84. The zero-order chi connectivity index (χ0) is 13.0. The van der Waals surface area contributed by atoms with Crippen molar-refractivity contribution >= 4 is 22.9 Å². The van der Waals surface area contributed by atoms with Crippen LogP contribution in [0.4, 0.5) is 0 Å². The molecule has 18 heavy (non-hydrogen) atoms. The lowest BCUT2D eigenvalue weighted by Gasteiger charge is -2.24. The van der Waals surface area contributed by atoms with E-state index in [1.54, 1.807) is 6.20 Å². The summed E-state index contributed by atoms with van der Waals surface area (Å²) in [7, 11) is 0. The maximum atomic E-state index is 10.6. The second kappa shape index (κ2) is 6.15. The molecule has 0 aliphatic carbocycles. The van der Waals surface area contributed by atoms with Crippen molar-refractivity contribution in [3.05, 3.63) is 37.6 Å². The first-order valence-corrected chi connectivity index (χ1v) is 7.04. The van der Waals surface area contributed by atoms with E-state index >= 15 is 0 Å². The van der Waals surface area contributed by atoms with Gasteiger partial charge in [0.25, 0.3) is 6.20 Å². The van der Waals surface area contributed by atoms with E-state index in [4.69, 9.17) is 11.6 Å². The van der Waals surface area contributed by atoms with Crippen molar-refractivity contribution in [1.29, 1.82) is 0 Å². The molecule has 1 aliphatic heterocycles. The Kier molecular flexibility index (Phi) is 4.54. The lowest BCUT2D eigenvalue weighted by atomic mass is 9.91. The van der Waals surface area contributed by atoms with Crippen molar-refractivity contribution in [3.8, 4) is 0 Å². The summed E-state index contributed by atoms with van der Waals surface area (Å²) < 4.78 is 0.549. The standard InChI is InChI=1S/C11H14ClN3O2S/c12-11-14-6-9(18-11)4-3-8-2-1-5-13-10(8)7-15(16)17/h6-8,13H,1-5H2. The number of aryl methyl sites for hydroxylation is 1. The van der Waals surface area contributed by atoms with E-state index in [9.17, 15) is 10.1 Å². The van der Waals surface area contributed by atoms with Crippen LogP contribution in [0.25, 0.3) is 0 Å². The molecule has 1 N–H and O–H groups in total. The van der Waals surface area contributed by atoms with Crippen LogP contribution in [0, 0.1) is 16.0 Å². The zero-order valence-electron chi connectivity index (χ0n) is 9.76. The topological polar surface area (TPSA) is 68.1 Å². The summed E-state index contributed by atoms with van der Waals surface area (Å²) in [6, 6.07) is 0. The van der Waals surface area contributed by atoms with E-state index in [0.29, 0.717) is 4.47 Å². The fourth-order valence-corrected chi connectivity index (χ4v) is 3.15. The summed E-state index contributed by atoms with van der Waals surface area (Å²) in [5.41, 5.74) is 0.752. The number of piperidine rings is 1.